The number of para-hydroxylation sites is 1. The van der Waals surface area contributed by atoms with Gasteiger partial charge >= 0.3 is 11.9 Å². The summed E-state index contributed by atoms with van der Waals surface area (Å²) in [5.41, 5.74) is 0.0937. The number of nitrogens with zero attached hydrogens (tertiary/aromatic N) is 1. The molecule has 0 aromatic heterocycles. The molecule has 1 heterocycles. The van der Waals surface area contributed by atoms with Crippen LogP contribution in [0.1, 0.15) is 0 Å². The molecule has 1 N–H and O–H groups in total. The van der Waals surface area contributed by atoms with E-state index in [0.29, 0.717) is 4.47 Å². The highest BCUT2D eigenvalue weighted by molar-refractivity contribution is 9.10. The number of benzene rings is 1. The first-order chi connectivity index (χ1) is 8.34. The first-order valence-electron chi connectivity index (χ1n) is 4.90. The van der Waals surface area contributed by atoms with Crippen LogP contribution in [0.15, 0.2) is 27.6 Å². The monoisotopic (exact) mass is 333 g/mol. The Hall–Kier alpha value is -1.41. The van der Waals surface area contributed by atoms with Crippen molar-refractivity contribution in [3.05, 3.63) is 22.7 Å². The number of carboxylic acid groups (broad SMARTS) is 1. The molecule has 0 aliphatic carbocycles. The molecule has 96 valence electrons. The normalized spacial score (nSPS) is 17.1. The molecule has 0 radical (unpaired) electrons. The zero-order valence-corrected chi connectivity index (χ0v) is 11.4. The van der Waals surface area contributed by atoms with Crippen molar-refractivity contribution in [3.8, 4) is 0 Å². The summed E-state index contributed by atoms with van der Waals surface area (Å²) in [7, 11) is -3.47. The van der Waals surface area contributed by atoms with Crippen LogP contribution in [0, 0.1) is 0 Å². The lowest BCUT2D eigenvalue weighted by atomic mass is 10.2. The minimum atomic E-state index is -3.47. The third-order valence-electron chi connectivity index (χ3n) is 2.57. The molecule has 0 bridgehead atoms. The first kappa shape index (κ1) is 13.0. The summed E-state index contributed by atoms with van der Waals surface area (Å²) in [5, 5.41) is 8.72. The number of carbonyl (C=O) groups excluding carboxylic acids is 1. The van der Waals surface area contributed by atoms with E-state index in [9.17, 15) is 18.0 Å². The highest BCUT2D eigenvalue weighted by atomic mass is 79.9. The highest BCUT2D eigenvalue weighted by Crippen LogP contribution is 2.36. The zero-order chi connectivity index (χ0) is 13.5. The second-order valence-electron chi connectivity index (χ2n) is 3.67. The summed E-state index contributed by atoms with van der Waals surface area (Å²) >= 11 is 3.14. The summed E-state index contributed by atoms with van der Waals surface area (Å²) in [4.78, 5) is 23.2. The largest absolute Gasteiger partial charge is 0.474 e. The van der Waals surface area contributed by atoms with Gasteiger partial charge in [0.15, 0.2) is 9.84 Å². The maximum absolute atomic E-state index is 11.9. The van der Waals surface area contributed by atoms with Gasteiger partial charge in [-0.15, -0.1) is 0 Å². The molecule has 1 aromatic carbocycles. The van der Waals surface area contributed by atoms with Crippen LogP contribution in [0.2, 0.25) is 0 Å². The Kier molecular flexibility index (Phi) is 3.16. The summed E-state index contributed by atoms with van der Waals surface area (Å²) in [6.07, 6.45) is 0. The number of anilines is 1. The number of sulfone groups is 1. The minimum Gasteiger partial charge on any atom is -0.474 e. The quantitative estimate of drug-likeness (QED) is 0.704. The summed E-state index contributed by atoms with van der Waals surface area (Å²) < 4.78 is 24.1. The van der Waals surface area contributed by atoms with E-state index in [1.54, 1.807) is 6.07 Å². The number of carboxylic acids is 1. The van der Waals surface area contributed by atoms with Crippen molar-refractivity contribution in [2.75, 3.05) is 17.2 Å². The molecule has 0 fully saturated rings. The van der Waals surface area contributed by atoms with E-state index in [1.165, 1.54) is 12.1 Å². The van der Waals surface area contributed by atoms with E-state index in [-0.39, 0.29) is 22.9 Å². The molecule has 2 rings (SSSR count). The van der Waals surface area contributed by atoms with Crippen LogP contribution in [0.3, 0.4) is 0 Å². The van der Waals surface area contributed by atoms with Gasteiger partial charge in [0.25, 0.3) is 0 Å². The summed E-state index contributed by atoms with van der Waals surface area (Å²) in [6, 6.07) is 4.44. The number of hydrogen-bond donors (Lipinski definition) is 1. The number of hydrogen-bond acceptors (Lipinski definition) is 4. The van der Waals surface area contributed by atoms with Crippen LogP contribution in [-0.4, -0.2) is 37.7 Å². The fraction of sp³-hybridized carbons (Fsp3) is 0.200. The van der Waals surface area contributed by atoms with E-state index in [2.05, 4.69) is 15.9 Å². The summed E-state index contributed by atoms with van der Waals surface area (Å²) in [6.45, 7) is -0.164. The Balaban J connectivity index is 2.66. The second-order valence-corrected chi connectivity index (χ2v) is 6.60. The van der Waals surface area contributed by atoms with Crippen LogP contribution in [0.4, 0.5) is 5.69 Å². The predicted octanol–water partition coefficient (Wildman–Crippen LogP) is 0.654. The fourth-order valence-electron chi connectivity index (χ4n) is 1.76. The van der Waals surface area contributed by atoms with E-state index in [4.69, 9.17) is 5.11 Å². The number of aliphatic carboxylic acids is 1. The van der Waals surface area contributed by atoms with Gasteiger partial charge in [-0.2, -0.15) is 0 Å². The predicted molar refractivity (Wildman–Crippen MR) is 66.2 cm³/mol. The number of amides is 1. The average molecular weight is 334 g/mol. The SMILES string of the molecule is O=C(O)C(=O)N1CCS(=O)(=O)c2cccc(Br)c21. The van der Waals surface area contributed by atoms with Crippen LogP contribution in [-0.2, 0) is 19.4 Å². The van der Waals surface area contributed by atoms with E-state index in [0.717, 1.165) is 4.90 Å². The maximum atomic E-state index is 11.9. The maximum Gasteiger partial charge on any atom is 0.394 e. The molecule has 1 aromatic rings. The van der Waals surface area contributed by atoms with Gasteiger partial charge in [-0.05, 0) is 28.1 Å². The standard InChI is InChI=1S/C10H8BrNO5S/c11-6-2-1-3-7-8(6)12(9(13)10(14)15)4-5-18(7,16)17/h1-3H,4-5H2,(H,14,15). The van der Waals surface area contributed by atoms with Crippen LogP contribution < -0.4 is 4.90 Å². The van der Waals surface area contributed by atoms with Gasteiger partial charge in [0.2, 0.25) is 0 Å². The number of halogens is 1. The Labute approximate surface area is 111 Å². The van der Waals surface area contributed by atoms with Crippen molar-refractivity contribution in [1.82, 2.24) is 0 Å². The van der Waals surface area contributed by atoms with Gasteiger partial charge in [-0.1, -0.05) is 6.07 Å². The molecule has 0 atom stereocenters. The lowest BCUT2D eigenvalue weighted by Crippen LogP contribution is -2.43. The lowest BCUT2D eigenvalue weighted by molar-refractivity contribution is -0.148. The van der Waals surface area contributed by atoms with Gasteiger partial charge in [0.05, 0.1) is 16.3 Å². The third kappa shape index (κ3) is 2.01. The number of rotatable bonds is 0. The van der Waals surface area contributed by atoms with Gasteiger partial charge < -0.3 is 5.11 Å². The second kappa shape index (κ2) is 4.36. The Morgan fingerprint density at radius 2 is 2.00 bits per heavy atom. The fourth-order valence-corrected chi connectivity index (χ4v) is 3.92. The molecular weight excluding hydrogens is 326 g/mol. The van der Waals surface area contributed by atoms with Crippen molar-refractivity contribution in [2.45, 2.75) is 4.90 Å². The molecule has 1 aliphatic heterocycles. The molecule has 0 unspecified atom stereocenters. The van der Waals surface area contributed by atoms with E-state index < -0.39 is 21.7 Å². The number of carbonyl (C=O) groups is 2. The van der Waals surface area contributed by atoms with Crippen LogP contribution >= 0.6 is 15.9 Å². The Morgan fingerprint density at radius 3 is 2.61 bits per heavy atom. The van der Waals surface area contributed by atoms with Crippen molar-refractivity contribution >= 4 is 43.3 Å². The van der Waals surface area contributed by atoms with Crippen LogP contribution in [0.5, 0.6) is 0 Å². The van der Waals surface area contributed by atoms with Gasteiger partial charge in [0.1, 0.15) is 0 Å². The smallest absolute Gasteiger partial charge is 0.394 e. The molecule has 0 saturated heterocycles. The molecule has 8 heteroatoms. The van der Waals surface area contributed by atoms with Gasteiger partial charge in [-0.3, -0.25) is 9.69 Å². The third-order valence-corrected chi connectivity index (χ3v) is 4.93. The molecule has 6 nitrogen and oxygen atoms in total. The molecule has 1 amide bonds. The van der Waals surface area contributed by atoms with Crippen LogP contribution in [0.25, 0.3) is 0 Å². The Bertz CT molecular complexity index is 640. The van der Waals surface area contributed by atoms with Crippen molar-refractivity contribution < 1.29 is 23.1 Å². The Morgan fingerprint density at radius 1 is 1.33 bits per heavy atom. The lowest BCUT2D eigenvalue weighted by Gasteiger charge is -2.28. The minimum absolute atomic E-state index is 0.0299. The highest BCUT2D eigenvalue weighted by Gasteiger charge is 2.35. The number of fused-ring (bicyclic) bond motifs is 1. The molecular formula is C10H8BrNO5S. The van der Waals surface area contributed by atoms with Crippen molar-refractivity contribution in [3.63, 3.8) is 0 Å². The van der Waals surface area contributed by atoms with Gasteiger partial charge in [0, 0.05) is 11.0 Å². The van der Waals surface area contributed by atoms with Gasteiger partial charge in [-0.25, -0.2) is 13.2 Å². The first-order valence-corrected chi connectivity index (χ1v) is 7.35. The van der Waals surface area contributed by atoms with Crippen molar-refractivity contribution in [1.29, 1.82) is 0 Å². The van der Waals surface area contributed by atoms with Crippen molar-refractivity contribution in [2.24, 2.45) is 0 Å². The topological polar surface area (TPSA) is 91.8 Å². The van der Waals surface area contributed by atoms with E-state index >= 15 is 0 Å². The average Bonchev–Trinajstić information content (AvgIpc) is 2.29. The molecule has 0 spiro atoms. The molecule has 1 aliphatic rings. The van der Waals surface area contributed by atoms with E-state index in [1.807, 2.05) is 0 Å². The summed E-state index contributed by atoms with van der Waals surface area (Å²) in [5.74, 6) is -3.04. The zero-order valence-electron chi connectivity index (χ0n) is 8.96. The molecule has 0 saturated carbocycles. The molecule has 18 heavy (non-hydrogen) atoms.